The van der Waals surface area contributed by atoms with E-state index in [1.165, 1.54) is 19.1 Å². The van der Waals surface area contributed by atoms with Crippen molar-refractivity contribution in [1.29, 1.82) is 0 Å². The maximum atomic E-state index is 12.0. The Kier molecular flexibility index (Phi) is 7.96. The van der Waals surface area contributed by atoms with E-state index in [4.69, 9.17) is 0 Å². The van der Waals surface area contributed by atoms with Crippen molar-refractivity contribution < 1.29 is 23.1 Å². The van der Waals surface area contributed by atoms with Crippen LogP contribution in [0.2, 0.25) is 0 Å². The number of nitrogens with zero attached hydrogens (tertiary/aromatic N) is 1. The third-order valence-electron chi connectivity index (χ3n) is 2.84. The molecule has 1 aromatic carbocycles. The normalized spacial score (nSPS) is 10.7. The van der Waals surface area contributed by atoms with Crippen LogP contribution in [0.3, 0.4) is 0 Å². The standard InChI is InChI=1S/C15H21F2N3O3/c1-11(21)18-7-8-19-14(22)10-20(2)9-12-3-5-13(6-4-12)23-15(16)17/h3-6,15H,7-10H2,1-2H3,(H,18,21)(H,19,22). The molecule has 1 rings (SSSR count). The van der Waals surface area contributed by atoms with Crippen molar-refractivity contribution in [1.82, 2.24) is 15.5 Å². The Morgan fingerprint density at radius 3 is 2.35 bits per heavy atom. The van der Waals surface area contributed by atoms with Crippen LogP contribution in [0.4, 0.5) is 8.78 Å². The Hall–Kier alpha value is -2.22. The molecule has 0 saturated carbocycles. The Morgan fingerprint density at radius 1 is 1.17 bits per heavy atom. The molecule has 0 fully saturated rings. The van der Waals surface area contributed by atoms with E-state index in [2.05, 4.69) is 15.4 Å². The van der Waals surface area contributed by atoms with Gasteiger partial charge in [0, 0.05) is 26.6 Å². The summed E-state index contributed by atoms with van der Waals surface area (Å²) in [5, 5.41) is 5.27. The molecule has 0 radical (unpaired) electrons. The lowest BCUT2D eigenvalue weighted by atomic mass is 10.2. The van der Waals surface area contributed by atoms with Gasteiger partial charge in [0.25, 0.3) is 0 Å². The highest BCUT2D eigenvalue weighted by Gasteiger charge is 2.08. The van der Waals surface area contributed by atoms with Crippen LogP contribution >= 0.6 is 0 Å². The van der Waals surface area contributed by atoms with Crippen LogP contribution in [-0.4, -0.2) is 50.0 Å². The molecule has 0 aliphatic heterocycles. The van der Waals surface area contributed by atoms with Gasteiger partial charge in [-0.15, -0.1) is 0 Å². The summed E-state index contributed by atoms with van der Waals surface area (Å²) < 4.78 is 28.4. The first-order valence-electron chi connectivity index (χ1n) is 7.10. The molecular formula is C15H21F2N3O3. The van der Waals surface area contributed by atoms with Crippen molar-refractivity contribution >= 4 is 11.8 Å². The summed E-state index contributed by atoms with van der Waals surface area (Å²) in [7, 11) is 1.77. The molecule has 2 N–H and O–H groups in total. The number of rotatable bonds is 9. The molecule has 0 bridgehead atoms. The molecule has 0 saturated heterocycles. The lowest BCUT2D eigenvalue weighted by Crippen LogP contribution is -2.38. The topological polar surface area (TPSA) is 70.7 Å². The number of likely N-dealkylation sites (N-methyl/N-ethyl adjacent to an activating group) is 1. The summed E-state index contributed by atoms with van der Waals surface area (Å²) in [6, 6.07) is 6.26. The molecule has 128 valence electrons. The molecule has 6 nitrogen and oxygen atoms in total. The second-order valence-corrected chi connectivity index (χ2v) is 5.03. The second-order valence-electron chi connectivity index (χ2n) is 5.03. The molecule has 0 spiro atoms. The number of benzene rings is 1. The number of hydrogen-bond acceptors (Lipinski definition) is 4. The lowest BCUT2D eigenvalue weighted by molar-refractivity contribution is -0.122. The number of nitrogens with one attached hydrogen (secondary N) is 2. The summed E-state index contributed by atoms with van der Waals surface area (Å²) in [6.45, 7) is 0.00333. The van der Waals surface area contributed by atoms with Crippen molar-refractivity contribution in [3.63, 3.8) is 0 Å². The minimum atomic E-state index is -2.84. The fourth-order valence-corrected chi connectivity index (χ4v) is 1.89. The van der Waals surface area contributed by atoms with E-state index >= 15 is 0 Å². The van der Waals surface area contributed by atoms with Crippen LogP contribution in [-0.2, 0) is 16.1 Å². The SMILES string of the molecule is CC(=O)NCCNC(=O)CN(C)Cc1ccc(OC(F)F)cc1. The van der Waals surface area contributed by atoms with Crippen LogP contribution in [0.15, 0.2) is 24.3 Å². The zero-order valence-electron chi connectivity index (χ0n) is 13.1. The van der Waals surface area contributed by atoms with Crippen molar-refractivity contribution in [2.45, 2.75) is 20.1 Å². The van der Waals surface area contributed by atoms with Gasteiger partial charge in [0.2, 0.25) is 11.8 Å². The Bertz CT molecular complexity index is 509. The van der Waals surface area contributed by atoms with Crippen molar-refractivity contribution in [2.75, 3.05) is 26.7 Å². The minimum Gasteiger partial charge on any atom is -0.435 e. The van der Waals surface area contributed by atoms with Crippen LogP contribution in [0, 0.1) is 0 Å². The Balaban J connectivity index is 2.31. The zero-order valence-corrected chi connectivity index (χ0v) is 13.1. The molecule has 1 aromatic rings. The Morgan fingerprint density at radius 2 is 1.78 bits per heavy atom. The number of carbonyl (C=O) groups excluding carboxylic acids is 2. The maximum Gasteiger partial charge on any atom is 0.387 e. The van der Waals surface area contributed by atoms with Crippen LogP contribution in [0.1, 0.15) is 12.5 Å². The average Bonchev–Trinajstić information content (AvgIpc) is 2.45. The predicted octanol–water partition coefficient (Wildman–Crippen LogP) is 0.972. The lowest BCUT2D eigenvalue weighted by Gasteiger charge is -2.16. The third kappa shape index (κ3) is 8.72. The fraction of sp³-hybridized carbons (Fsp3) is 0.467. The van der Waals surface area contributed by atoms with E-state index in [0.717, 1.165) is 5.56 Å². The molecule has 0 atom stereocenters. The van der Waals surface area contributed by atoms with E-state index < -0.39 is 6.61 Å². The van der Waals surface area contributed by atoms with Gasteiger partial charge < -0.3 is 15.4 Å². The van der Waals surface area contributed by atoms with Gasteiger partial charge in [-0.05, 0) is 24.7 Å². The highest BCUT2D eigenvalue weighted by Crippen LogP contribution is 2.15. The van der Waals surface area contributed by atoms with Crippen LogP contribution < -0.4 is 15.4 Å². The van der Waals surface area contributed by atoms with Gasteiger partial charge in [-0.25, -0.2) is 0 Å². The maximum absolute atomic E-state index is 12.0. The highest BCUT2D eigenvalue weighted by atomic mass is 19.3. The van der Waals surface area contributed by atoms with Gasteiger partial charge in [-0.3, -0.25) is 14.5 Å². The molecule has 0 aliphatic rings. The summed E-state index contributed by atoms with van der Waals surface area (Å²) in [5.41, 5.74) is 0.875. The Labute approximate surface area is 133 Å². The van der Waals surface area contributed by atoms with Gasteiger partial charge in [-0.1, -0.05) is 12.1 Å². The predicted molar refractivity (Wildman–Crippen MR) is 81.1 cm³/mol. The van der Waals surface area contributed by atoms with Crippen molar-refractivity contribution in [2.24, 2.45) is 0 Å². The fourth-order valence-electron chi connectivity index (χ4n) is 1.89. The second kappa shape index (κ2) is 9.73. The summed E-state index contributed by atoms with van der Waals surface area (Å²) in [6.07, 6.45) is 0. The number of hydrogen-bond donors (Lipinski definition) is 2. The summed E-state index contributed by atoms with van der Waals surface area (Å²) in [4.78, 5) is 24.2. The quantitative estimate of drug-likeness (QED) is 0.663. The van der Waals surface area contributed by atoms with Gasteiger partial charge in [0.05, 0.1) is 6.54 Å². The van der Waals surface area contributed by atoms with E-state index in [1.54, 1.807) is 24.1 Å². The molecular weight excluding hydrogens is 308 g/mol. The van der Waals surface area contributed by atoms with E-state index in [1.807, 2.05) is 0 Å². The monoisotopic (exact) mass is 329 g/mol. The van der Waals surface area contributed by atoms with E-state index in [9.17, 15) is 18.4 Å². The molecule has 0 aliphatic carbocycles. The summed E-state index contributed by atoms with van der Waals surface area (Å²) >= 11 is 0. The van der Waals surface area contributed by atoms with Crippen molar-refractivity contribution in [3.8, 4) is 5.75 Å². The summed E-state index contributed by atoms with van der Waals surface area (Å²) in [5.74, 6) is -0.201. The molecule has 8 heteroatoms. The largest absolute Gasteiger partial charge is 0.435 e. The number of carbonyl (C=O) groups is 2. The minimum absolute atomic E-state index is 0.0992. The van der Waals surface area contributed by atoms with Gasteiger partial charge in [0.1, 0.15) is 5.75 Å². The third-order valence-corrected chi connectivity index (χ3v) is 2.84. The molecule has 0 heterocycles. The first-order chi connectivity index (χ1) is 10.9. The molecule has 2 amide bonds. The van der Waals surface area contributed by atoms with Crippen LogP contribution in [0.5, 0.6) is 5.75 Å². The van der Waals surface area contributed by atoms with Gasteiger partial charge >= 0.3 is 6.61 Å². The zero-order chi connectivity index (χ0) is 17.2. The average molecular weight is 329 g/mol. The van der Waals surface area contributed by atoms with Gasteiger partial charge in [0.15, 0.2) is 0 Å². The first-order valence-corrected chi connectivity index (χ1v) is 7.10. The smallest absolute Gasteiger partial charge is 0.387 e. The van der Waals surface area contributed by atoms with E-state index in [0.29, 0.717) is 19.6 Å². The number of alkyl halides is 2. The molecule has 0 aromatic heterocycles. The first kappa shape index (κ1) is 18.8. The van der Waals surface area contributed by atoms with Crippen LogP contribution in [0.25, 0.3) is 0 Å². The van der Waals surface area contributed by atoms with E-state index in [-0.39, 0.29) is 24.1 Å². The van der Waals surface area contributed by atoms with Crippen molar-refractivity contribution in [3.05, 3.63) is 29.8 Å². The van der Waals surface area contributed by atoms with Gasteiger partial charge in [-0.2, -0.15) is 8.78 Å². The number of halogens is 2. The molecule has 23 heavy (non-hydrogen) atoms. The highest BCUT2D eigenvalue weighted by molar-refractivity contribution is 5.78. The number of amides is 2. The molecule has 0 unspecified atom stereocenters. The number of ether oxygens (including phenoxy) is 1.